The largest absolute Gasteiger partial charge is 0.501 e. The number of rotatable bonds is 6. The Hall–Kier alpha value is -3.64. The molecule has 2 amide bonds. The quantitative estimate of drug-likeness (QED) is 0.440. The first-order valence-electron chi connectivity index (χ1n) is 12.4. The fourth-order valence-electron chi connectivity index (χ4n) is 4.97. The summed E-state index contributed by atoms with van der Waals surface area (Å²) >= 11 is 0. The number of alkyl halides is 3. The van der Waals surface area contributed by atoms with E-state index in [-0.39, 0.29) is 17.2 Å². The van der Waals surface area contributed by atoms with Gasteiger partial charge in [0.2, 0.25) is 0 Å². The number of sulfone groups is 1. The third-order valence-corrected chi connectivity index (χ3v) is 8.65. The predicted molar refractivity (Wildman–Crippen MR) is 138 cm³/mol. The molecule has 3 heterocycles. The van der Waals surface area contributed by atoms with E-state index in [1.54, 1.807) is 30.6 Å². The number of halogens is 3. The van der Waals surface area contributed by atoms with Gasteiger partial charge in [0.1, 0.15) is 11.5 Å². The molecule has 5 rings (SSSR count). The number of amides is 2. The second-order valence-corrected chi connectivity index (χ2v) is 11.9. The van der Waals surface area contributed by atoms with Gasteiger partial charge in [-0.2, -0.15) is 13.2 Å². The Kier molecular flexibility index (Phi) is 7.25. The van der Waals surface area contributed by atoms with E-state index in [1.165, 1.54) is 12.1 Å². The van der Waals surface area contributed by atoms with Crippen LogP contribution in [0.2, 0.25) is 0 Å². The first-order chi connectivity index (χ1) is 18.5. The van der Waals surface area contributed by atoms with Gasteiger partial charge in [-0.25, -0.2) is 13.2 Å². The van der Waals surface area contributed by atoms with E-state index < -0.39 is 20.2 Å². The van der Waals surface area contributed by atoms with Crippen molar-refractivity contribution in [2.45, 2.75) is 29.8 Å². The zero-order chi connectivity index (χ0) is 27.7. The summed E-state index contributed by atoms with van der Waals surface area (Å²) in [6.07, 6.45) is 5.26. The molecule has 0 aliphatic carbocycles. The van der Waals surface area contributed by atoms with Gasteiger partial charge in [-0.05, 0) is 80.0 Å². The van der Waals surface area contributed by atoms with E-state index in [2.05, 4.69) is 15.2 Å². The van der Waals surface area contributed by atoms with Crippen LogP contribution in [-0.2, 0) is 16.4 Å². The summed E-state index contributed by atoms with van der Waals surface area (Å²) in [4.78, 5) is 19.8. The van der Waals surface area contributed by atoms with Crippen molar-refractivity contribution in [1.82, 2.24) is 14.8 Å². The molecule has 0 saturated carbocycles. The molecule has 0 radical (unpaired) electrons. The third kappa shape index (κ3) is 6.01. The molecule has 1 N–H and O–H groups in total. The van der Waals surface area contributed by atoms with Gasteiger partial charge in [0.05, 0.1) is 16.8 Å². The molecule has 1 spiro atoms. The topological polar surface area (TPSA) is 91.8 Å². The Bertz CT molecular complexity index is 1420. The molecule has 2 aromatic carbocycles. The smallest absolute Gasteiger partial charge is 0.457 e. The molecule has 2 fully saturated rings. The van der Waals surface area contributed by atoms with Gasteiger partial charge in [-0.15, -0.1) is 0 Å². The van der Waals surface area contributed by atoms with E-state index in [0.717, 1.165) is 56.7 Å². The molecule has 12 heteroatoms. The van der Waals surface area contributed by atoms with Crippen molar-refractivity contribution in [3.8, 4) is 11.5 Å². The number of nitrogens with one attached hydrogen (secondary N) is 1. The highest BCUT2D eigenvalue weighted by Gasteiger charge is 2.47. The number of piperidine rings is 1. The average Bonchev–Trinajstić information content (AvgIpc) is 2.88. The number of hydrogen-bond donors (Lipinski definition) is 1. The van der Waals surface area contributed by atoms with Gasteiger partial charge in [-0.1, -0.05) is 12.1 Å². The van der Waals surface area contributed by atoms with Crippen molar-refractivity contribution < 1.29 is 31.1 Å². The van der Waals surface area contributed by atoms with Crippen LogP contribution in [0.5, 0.6) is 11.5 Å². The highest BCUT2D eigenvalue weighted by Crippen LogP contribution is 2.41. The van der Waals surface area contributed by atoms with Crippen molar-refractivity contribution in [3.63, 3.8) is 0 Å². The Morgan fingerprint density at radius 1 is 1.00 bits per heavy atom. The Balaban J connectivity index is 1.11. The summed E-state index contributed by atoms with van der Waals surface area (Å²) in [6.45, 7) is 3.98. The van der Waals surface area contributed by atoms with E-state index in [4.69, 9.17) is 4.74 Å². The first-order valence-corrected chi connectivity index (χ1v) is 13.9. The monoisotopic (exact) mass is 560 g/mol. The van der Waals surface area contributed by atoms with Crippen molar-refractivity contribution in [1.29, 1.82) is 0 Å². The molecule has 0 atom stereocenters. The van der Waals surface area contributed by atoms with Gasteiger partial charge in [0.25, 0.3) is 9.84 Å². The van der Waals surface area contributed by atoms with Gasteiger partial charge in [0, 0.05) is 31.2 Å². The number of likely N-dealkylation sites (tertiary alicyclic amines) is 2. The second-order valence-electron chi connectivity index (χ2n) is 9.97. The lowest BCUT2D eigenvalue weighted by Crippen LogP contribution is -2.62. The number of urea groups is 1. The summed E-state index contributed by atoms with van der Waals surface area (Å²) in [7, 11) is -5.40. The molecule has 2 aliphatic heterocycles. The van der Waals surface area contributed by atoms with Crippen molar-refractivity contribution in [2.24, 2.45) is 5.41 Å². The van der Waals surface area contributed by atoms with Gasteiger partial charge < -0.3 is 15.0 Å². The van der Waals surface area contributed by atoms with E-state index in [1.807, 2.05) is 23.1 Å². The second kappa shape index (κ2) is 10.5. The number of hydrogen-bond acceptors (Lipinski definition) is 6. The van der Waals surface area contributed by atoms with Crippen LogP contribution in [0.15, 0.2) is 78.0 Å². The van der Waals surface area contributed by atoms with Gasteiger partial charge in [0.15, 0.2) is 0 Å². The number of anilines is 1. The fourth-order valence-corrected chi connectivity index (χ4v) is 5.73. The average molecular weight is 561 g/mol. The lowest BCUT2D eigenvalue weighted by atomic mass is 9.72. The first kappa shape index (κ1) is 26.9. The van der Waals surface area contributed by atoms with Crippen molar-refractivity contribution >= 4 is 21.6 Å². The summed E-state index contributed by atoms with van der Waals surface area (Å²) in [5.41, 5.74) is -3.51. The minimum atomic E-state index is -5.40. The van der Waals surface area contributed by atoms with E-state index in [0.29, 0.717) is 18.0 Å². The third-order valence-electron chi connectivity index (χ3n) is 7.15. The number of ether oxygens (including phenoxy) is 1. The number of nitrogens with zero attached hydrogens (tertiary/aromatic N) is 3. The molecular formula is C27H27F3N4O4S. The number of aromatic nitrogens is 1. The molecule has 2 aliphatic rings. The Morgan fingerprint density at radius 2 is 1.72 bits per heavy atom. The minimum absolute atomic E-state index is 0.107. The van der Waals surface area contributed by atoms with Gasteiger partial charge in [-0.3, -0.25) is 9.88 Å². The number of benzene rings is 2. The number of pyridine rings is 1. The molecule has 2 saturated heterocycles. The lowest BCUT2D eigenvalue weighted by molar-refractivity contribution is -0.0436. The number of carbonyl (C=O) groups is 1. The van der Waals surface area contributed by atoms with Crippen LogP contribution in [0.3, 0.4) is 0 Å². The number of carbonyl (C=O) groups excluding carboxylic acids is 1. The molecule has 39 heavy (non-hydrogen) atoms. The zero-order valence-electron chi connectivity index (χ0n) is 20.9. The SMILES string of the molecule is O=C(Nc1cccnc1)N1CC2(CCN(Cc3cccc(Oc4ccc(S(=O)(=O)C(F)(F)F)cc4)c3)CC2)C1. The predicted octanol–water partition coefficient (Wildman–Crippen LogP) is 5.30. The lowest BCUT2D eigenvalue weighted by Gasteiger charge is -2.53. The van der Waals surface area contributed by atoms with Crippen LogP contribution >= 0.6 is 0 Å². The van der Waals surface area contributed by atoms with Crippen LogP contribution in [-0.4, -0.2) is 60.9 Å². The molecule has 3 aromatic rings. The van der Waals surface area contributed by atoms with Crippen molar-refractivity contribution in [3.05, 3.63) is 78.6 Å². The minimum Gasteiger partial charge on any atom is -0.457 e. The molecule has 8 nitrogen and oxygen atoms in total. The van der Waals surface area contributed by atoms with Crippen LogP contribution in [0.1, 0.15) is 18.4 Å². The summed E-state index contributed by atoms with van der Waals surface area (Å²) in [5, 5.41) is 2.88. The Labute approximate surface area is 224 Å². The maximum atomic E-state index is 12.7. The summed E-state index contributed by atoms with van der Waals surface area (Å²) in [5.74, 6) is 0.733. The molecule has 0 bridgehead atoms. The van der Waals surface area contributed by atoms with Crippen LogP contribution < -0.4 is 10.1 Å². The standard InChI is InChI=1S/C27H27F3N4O4S/c28-27(29,30)39(36,37)24-8-6-22(7-9-24)38-23-5-1-3-20(15-23)17-33-13-10-26(11-14-33)18-34(19-26)25(35)32-21-4-2-12-31-16-21/h1-9,12,15-16H,10-11,13-14,17-19H2,(H,32,35). The molecule has 1 aromatic heterocycles. The van der Waals surface area contributed by atoms with Crippen LogP contribution in [0.25, 0.3) is 0 Å². The van der Waals surface area contributed by atoms with Gasteiger partial charge >= 0.3 is 11.5 Å². The van der Waals surface area contributed by atoms with E-state index >= 15 is 0 Å². The zero-order valence-corrected chi connectivity index (χ0v) is 21.7. The summed E-state index contributed by atoms with van der Waals surface area (Å²) < 4.78 is 67.1. The van der Waals surface area contributed by atoms with E-state index in [9.17, 15) is 26.4 Å². The maximum absolute atomic E-state index is 12.7. The Morgan fingerprint density at radius 3 is 2.36 bits per heavy atom. The summed E-state index contributed by atoms with van der Waals surface area (Å²) in [6, 6.07) is 15.1. The fraction of sp³-hybridized carbons (Fsp3) is 0.333. The highest BCUT2D eigenvalue weighted by molar-refractivity contribution is 7.92. The molecule has 0 unspecified atom stereocenters. The maximum Gasteiger partial charge on any atom is 0.501 e. The molecular weight excluding hydrogens is 533 g/mol. The van der Waals surface area contributed by atoms with Crippen LogP contribution in [0, 0.1) is 5.41 Å². The van der Waals surface area contributed by atoms with Crippen molar-refractivity contribution in [2.75, 3.05) is 31.5 Å². The van der Waals surface area contributed by atoms with Crippen LogP contribution in [0.4, 0.5) is 23.7 Å². The normalized spacial score (nSPS) is 17.5. The molecule has 206 valence electrons. The highest BCUT2D eigenvalue weighted by atomic mass is 32.2.